The summed E-state index contributed by atoms with van der Waals surface area (Å²) in [5, 5.41) is 4.36. The molecule has 1 unspecified atom stereocenters. The highest BCUT2D eigenvalue weighted by atomic mass is 16.5. The molecule has 1 aromatic carbocycles. The molecule has 7 heteroatoms. The number of aromatic nitrogens is 3. The molecule has 0 radical (unpaired) electrons. The maximum Gasteiger partial charge on any atom is 0.345 e. The zero-order valence-corrected chi connectivity index (χ0v) is 16.8. The van der Waals surface area contributed by atoms with Gasteiger partial charge < -0.3 is 9.47 Å². The van der Waals surface area contributed by atoms with Crippen molar-refractivity contribution < 1.29 is 9.47 Å². The Balaban J connectivity index is 1.65. The SMILES string of the molecule is CCCOc1ccc(CN(C)C2CCc3nn(C)c(=O)n3CC2)cc1OC. The van der Waals surface area contributed by atoms with Crippen LogP contribution in [-0.2, 0) is 26.6 Å². The summed E-state index contributed by atoms with van der Waals surface area (Å²) in [6.45, 7) is 4.33. The Labute approximate surface area is 160 Å². The van der Waals surface area contributed by atoms with E-state index in [1.807, 2.05) is 10.6 Å². The minimum atomic E-state index is -0.0132. The molecule has 1 aliphatic rings. The summed E-state index contributed by atoms with van der Waals surface area (Å²) in [6, 6.07) is 6.56. The van der Waals surface area contributed by atoms with Crippen LogP contribution >= 0.6 is 0 Å². The lowest BCUT2D eigenvalue weighted by atomic mass is 10.1. The summed E-state index contributed by atoms with van der Waals surface area (Å²) in [7, 11) is 5.54. The summed E-state index contributed by atoms with van der Waals surface area (Å²) in [6.07, 6.45) is 3.75. The number of fused-ring (bicyclic) bond motifs is 1. The van der Waals surface area contributed by atoms with Gasteiger partial charge in [0.15, 0.2) is 11.5 Å². The van der Waals surface area contributed by atoms with Crippen molar-refractivity contribution in [1.82, 2.24) is 19.2 Å². The molecule has 1 atom stereocenters. The van der Waals surface area contributed by atoms with E-state index in [4.69, 9.17) is 9.47 Å². The van der Waals surface area contributed by atoms with Crippen LogP contribution in [0.15, 0.2) is 23.0 Å². The predicted octanol–water partition coefficient (Wildman–Crippen LogP) is 2.22. The molecule has 148 valence electrons. The average Bonchev–Trinajstić information content (AvgIpc) is 2.83. The molecule has 27 heavy (non-hydrogen) atoms. The predicted molar refractivity (Wildman–Crippen MR) is 104 cm³/mol. The van der Waals surface area contributed by atoms with Crippen LogP contribution in [0.2, 0.25) is 0 Å². The Morgan fingerprint density at radius 2 is 2.11 bits per heavy atom. The normalized spacial score (nSPS) is 16.9. The van der Waals surface area contributed by atoms with Crippen molar-refractivity contribution in [2.45, 2.75) is 51.7 Å². The number of methoxy groups -OCH3 is 1. The molecule has 2 heterocycles. The first-order valence-electron chi connectivity index (χ1n) is 9.66. The van der Waals surface area contributed by atoms with Crippen LogP contribution in [0.4, 0.5) is 0 Å². The molecule has 0 amide bonds. The molecular weight excluding hydrogens is 344 g/mol. The van der Waals surface area contributed by atoms with Crippen LogP contribution in [-0.4, -0.2) is 46.1 Å². The molecule has 0 saturated heterocycles. The third-order valence-electron chi connectivity index (χ3n) is 5.22. The van der Waals surface area contributed by atoms with Gasteiger partial charge in [0.2, 0.25) is 0 Å². The molecular formula is C20H30N4O3. The lowest BCUT2D eigenvalue weighted by molar-refractivity contribution is 0.209. The summed E-state index contributed by atoms with van der Waals surface area (Å²) in [5.74, 6) is 2.47. The van der Waals surface area contributed by atoms with Crippen molar-refractivity contribution >= 4 is 0 Å². The second-order valence-electron chi connectivity index (χ2n) is 7.20. The van der Waals surface area contributed by atoms with E-state index in [9.17, 15) is 4.79 Å². The number of hydrogen-bond donors (Lipinski definition) is 0. The molecule has 1 aromatic heterocycles. The van der Waals surface area contributed by atoms with E-state index in [1.54, 1.807) is 14.2 Å². The highest BCUT2D eigenvalue weighted by molar-refractivity contribution is 5.43. The van der Waals surface area contributed by atoms with Gasteiger partial charge in [-0.25, -0.2) is 9.48 Å². The van der Waals surface area contributed by atoms with Gasteiger partial charge in [0.05, 0.1) is 13.7 Å². The van der Waals surface area contributed by atoms with Gasteiger partial charge >= 0.3 is 5.69 Å². The van der Waals surface area contributed by atoms with Crippen molar-refractivity contribution in [2.24, 2.45) is 7.05 Å². The van der Waals surface area contributed by atoms with Crippen LogP contribution in [0.1, 0.15) is 37.6 Å². The third-order valence-corrected chi connectivity index (χ3v) is 5.22. The minimum absolute atomic E-state index is 0.0132. The summed E-state index contributed by atoms with van der Waals surface area (Å²) < 4.78 is 14.5. The number of hydrogen-bond acceptors (Lipinski definition) is 5. The minimum Gasteiger partial charge on any atom is -0.493 e. The molecule has 2 aromatic rings. The number of nitrogens with zero attached hydrogens (tertiary/aromatic N) is 4. The Bertz CT molecular complexity index is 827. The van der Waals surface area contributed by atoms with Crippen LogP contribution in [0, 0.1) is 0 Å². The van der Waals surface area contributed by atoms with Crippen LogP contribution in [0.25, 0.3) is 0 Å². The van der Waals surface area contributed by atoms with Gasteiger partial charge in [-0.15, -0.1) is 0 Å². The highest BCUT2D eigenvalue weighted by Gasteiger charge is 2.23. The zero-order valence-electron chi connectivity index (χ0n) is 16.8. The van der Waals surface area contributed by atoms with E-state index in [1.165, 1.54) is 10.2 Å². The largest absolute Gasteiger partial charge is 0.493 e. The van der Waals surface area contributed by atoms with Crippen molar-refractivity contribution in [3.05, 3.63) is 40.1 Å². The number of ether oxygens (including phenoxy) is 2. The van der Waals surface area contributed by atoms with Gasteiger partial charge in [-0.3, -0.25) is 9.47 Å². The fourth-order valence-corrected chi connectivity index (χ4v) is 3.68. The van der Waals surface area contributed by atoms with Gasteiger partial charge in [-0.1, -0.05) is 13.0 Å². The summed E-state index contributed by atoms with van der Waals surface area (Å²) in [5.41, 5.74) is 1.18. The molecule has 3 rings (SSSR count). The first-order valence-corrected chi connectivity index (χ1v) is 9.66. The molecule has 0 aliphatic carbocycles. The van der Waals surface area contributed by atoms with Crippen molar-refractivity contribution in [2.75, 3.05) is 20.8 Å². The topological polar surface area (TPSA) is 61.5 Å². The van der Waals surface area contributed by atoms with Gasteiger partial charge in [-0.05, 0) is 44.0 Å². The lowest BCUT2D eigenvalue weighted by Gasteiger charge is -2.27. The van der Waals surface area contributed by atoms with Crippen LogP contribution in [0.3, 0.4) is 0 Å². The Morgan fingerprint density at radius 1 is 1.30 bits per heavy atom. The van der Waals surface area contributed by atoms with E-state index in [-0.39, 0.29) is 5.69 Å². The van der Waals surface area contributed by atoms with E-state index in [2.05, 4.69) is 36.1 Å². The number of rotatable bonds is 7. The average molecular weight is 374 g/mol. The van der Waals surface area contributed by atoms with E-state index in [0.717, 1.165) is 56.1 Å². The highest BCUT2D eigenvalue weighted by Crippen LogP contribution is 2.29. The first-order chi connectivity index (χ1) is 13.0. The summed E-state index contributed by atoms with van der Waals surface area (Å²) in [4.78, 5) is 14.5. The van der Waals surface area contributed by atoms with Crippen LogP contribution < -0.4 is 15.2 Å². The maximum atomic E-state index is 12.1. The second-order valence-corrected chi connectivity index (χ2v) is 7.20. The second kappa shape index (κ2) is 8.61. The van der Waals surface area contributed by atoms with Crippen molar-refractivity contribution in [3.63, 3.8) is 0 Å². The lowest BCUT2D eigenvalue weighted by Crippen LogP contribution is -2.32. The molecule has 0 spiro atoms. The monoisotopic (exact) mass is 374 g/mol. The zero-order chi connectivity index (χ0) is 19.4. The van der Waals surface area contributed by atoms with Gasteiger partial charge in [0.25, 0.3) is 0 Å². The fraction of sp³-hybridized carbons (Fsp3) is 0.600. The van der Waals surface area contributed by atoms with E-state index < -0.39 is 0 Å². The van der Waals surface area contributed by atoms with E-state index >= 15 is 0 Å². The molecule has 1 aliphatic heterocycles. The fourth-order valence-electron chi connectivity index (χ4n) is 3.68. The quantitative estimate of drug-likeness (QED) is 0.744. The van der Waals surface area contributed by atoms with Crippen LogP contribution in [0.5, 0.6) is 11.5 Å². The first kappa shape index (κ1) is 19.5. The Morgan fingerprint density at radius 3 is 2.85 bits per heavy atom. The molecule has 0 bridgehead atoms. The Hall–Kier alpha value is -2.28. The number of benzene rings is 1. The summed E-state index contributed by atoms with van der Waals surface area (Å²) >= 11 is 0. The van der Waals surface area contributed by atoms with Crippen molar-refractivity contribution in [3.8, 4) is 11.5 Å². The maximum absolute atomic E-state index is 12.1. The molecule has 0 N–H and O–H groups in total. The van der Waals surface area contributed by atoms with Gasteiger partial charge in [0.1, 0.15) is 5.82 Å². The third kappa shape index (κ3) is 4.35. The van der Waals surface area contributed by atoms with Crippen molar-refractivity contribution in [1.29, 1.82) is 0 Å². The number of aryl methyl sites for hydroxylation is 2. The Kier molecular flexibility index (Phi) is 6.21. The van der Waals surface area contributed by atoms with E-state index in [0.29, 0.717) is 12.6 Å². The molecule has 0 saturated carbocycles. The van der Waals surface area contributed by atoms with Gasteiger partial charge in [0, 0.05) is 32.6 Å². The molecule has 0 fully saturated rings. The smallest absolute Gasteiger partial charge is 0.345 e. The standard InChI is InChI=1S/C20H30N4O3/c1-5-12-27-17-8-6-15(13-18(17)26-4)14-22(2)16-7-9-19-21-23(3)20(25)24(19)11-10-16/h6,8,13,16H,5,7,9-12,14H2,1-4H3. The van der Waals surface area contributed by atoms with Gasteiger partial charge in [-0.2, -0.15) is 5.10 Å². The molecule has 7 nitrogen and oxygen atoms in total.